The predicted molar refractivity (Wildman–Crippen MR) is 144 cm³/mol. The Hall–Kier alpha value is -3.33. The van der Waals surface area contributed by atoms with E-state index in [1.54, 1.807) is 6.21 Å². The van der Waals surface area contributed by atoms with E-state index in [0.29, 0.717) is 12.8 Å². The molecule has 3 heteroatoms. The fourth-order valence-corrected chi connectivity index (χ4v) is 3.83. The Morgan fingerprint density at radius 3 is 2.24 bits per heavy atom. The Balaban J connectivity index is 1.74. The number of unbranched alkanes of at least 4 members (excludes halogenated alkanes) is 2. The third-order valence-electron chi connectivity index (χ3n) is 5.82. The Labute approximate surface area is 204 Å². The van der Waals surface area contributed by atoms with Crippen LogP contribution < -0.4 is 0 Å². The lowest BCUT2D eigenvalue weighted by atomic mass is 9.99. The second kappa shape index (κ2) is 14.0. The van der Waals surface area contributed by atoms with Gasteiger partial charge in [0.2, 0.25) is 0 Å². The largest absolute Gasteiger partial charge is 0.247 e. The number of hydrogen-bond donors (Lipinski definition) is 0. The first kappa shape index (κ1) is 25.3. The molecule has 0 amide bonds. The number of benzene rings is 3. The molecular weight excluding hydrogens is 419 g/mol. The molecule has 0 N–H and O–H groups in total. The molecule has 0 aromatic heterocycles. The van der Waals surface area contributed by atoms with Gasteiger partial charge in [0, 0.05) is 17.5 Å². The lowest BCUT2D eigenvalue weighted by molar-refractivity contribution is 0.305. The maximum Gasteiger partial charge on any atom is 0.104 e. The number of rotatable bonds is 13. The first-order chi connectivity index (χ1) is 16.7. The van der Waals surface area contributed by atoms with Crippen LogP contribution in [0.15, 0.2) is 102 Å². The van der Waals surface area contributed by atoms with E-state index in [1.807, 2.05) is 60.7 Å². The van der Waals surface area contributed by atoms with Crippen LogP contribution in [0.1, 0.15) is 66.8 Å². The van der Waals surface area contributed by atoms with Gasteiger partial charge in [-0.05, 0) is 42.4 Å². The van der Waals surface area contributed by atoms with Crippen LogP contribution in [-0.2, 0) is 12.8 Å². The molecule has 3 rings (SSSR count). The summed E-state index contributed by atoms with van der Waals surface area (Å²) in [6, 6.07) is 26.5. The molecule has 0 aliphatic rings. The quantitative estimate of drug-likeness (QED) is 0.108. The molecule has 0 bridgehead atoms. The van der Waals surface area contributed by atoms with Crippen LogP contribution in [0.2, 0.25) is 0 Å². The van der Waals surface area contributed by atoms with E-state index in [0.717, 1.165) is 60.1 Å². The highest BCUT2D eigenvalue weighted by atomic mass is 19.1. The summed E-state index contributed by atoms with van der Waals surface area (Å²) in [6.07, 6.45) is 9.20. The Morgan fingerprint density at radius 1 is 0.882 bits per heavy atom. The van der Waals surface area contributed by atoms with E-state index in [4.69, 9.17) is 0 Å². The van der Waals surface area contributed by atoms with Crippen LogP contribution in [0.5, 0.6) is 0 Å². The fourth-order valence-electron chi connectivity index (χ4n) is 3.83. The molecule has 0 aliphatic carbocycles. The SMILES string of the molecule is C=CCCCc1ccc(C=NN=C(c2ccccc2)c2ccc(CC(F)CCCC)cc2)cc1. The minimum Gasteiger partial charge on any atom is -0.247 e. The minimum absolute atomic E-state index is 0.458. The van der Waals surface area contributed by atoms with E-state index >= 15 is 0 Å². The molecule has 0 spiro atoms. The summed E-state index contributed by atoms with van der Waals surface area (Å²) in [7, 11) is 0. The van der Waals surface area contributed by atoms with Gasteiger partial charge in [0.1, 0.15) is 11.9 Å². The summed E-state index contributed by atoms with van der Waals surface area (Å²) in [5.74, 6) is 0. The summed E-state index contributed by atoms with van der Waals surface area (Å²) in [5, 5.41) is 8.97. The van der Waals surface area contributed by atoms with Gasteiger partial charge < -0.3 is 0 Å². The number of allylic oxidation sites excluding steroid dienone is 1. The molecule has 1 unspecified atom stereocenters. The Bertz CT molecular complexity index is 1050. The van der Waals surface area contributed by atoms with Crippen molar-refractivity contribution >= 4 is 11.9 Å². The Kier molecular flexibility index (Phi) is 10.4. The maximum absolute atomic E-state index is 14.2. The van der Waals surface area contributed by atoms with E-state index < -0.39 is 6.17 Å². The zero-order chi connectivity index (χ0) is 24.0. The molecule has 0 heterocycles. The van der Waals surface area contributed by atoms with Gasteiger partial charge in [-0.2, -0.15) is 5.10 Å². The number of nitrogens with zero attached hydrogens (tertiary/aromatic N) is 2. The highest BCUT2D eigenvalue weighted by molar-refractivity contribution is 6.13. The zero-order valence-electron chi connectivity index (χ0n) is 20.2. The minimum atomic E-state index is -0.786. The molecule has 0 radical (unpaired) electrons. The van der Waals surface area contributed by atoms with Gasteiger partial charge in [-0.15, -0.1) is 11.7 Å². The van der Waals surface area contributed by atoms with Crippen LogP contribution in [0.25, 0.3) is 0 Å². The predicted octanol–water partition coefficient (Wildman–Crippen LogP) is 8.14. The lowest BCUT2D eigenvalue weighted by Gasteiger charge is -2.10. The lowest BCUT2D eigenvalue weighted by Crippen LogP contribution is -2.06. The standard InChI is InChI=1S/C31H35FN2/c1-3-5-8-11-25-15-17-27(18-16-25)24-33-34-31(28-12-9-7-10-13-28)29-21-19-26(20-22-29)23-30(32)14-6-4-2/h3,7,9-10,12-13,15-22,24,30H,1,4-6,8,11,14,23H2,2H3. The van der Waals surface area contributed by atoms with Crippen molar-refractivity contribution in [3.63, 3.8) is 0 Å². The van der Waals surface area contributed by atoms with Crippen molar-refractivity contribution in [2.45, 2.75) is 58.0 Å². The van der Waals surface area contributed by atoms with E-state index in [1.165, 1.54) is 5.56 Å². The smallest absolute Gasteiger partial charge is 0.104 e. The summed E-state index contributed by atoms with van der Waals surface area (Å²) in [6.45, 7) is 5.87. The molecular formula is C31H35FN2. The number of aryl methyl sites for hydroxylation is 1. The summed E-state index contributed by atoms with van der Waals surface area (Å²) >= 11 is 0. The van der Waals surface area contributed by atoms with Crippen molar-refractivity contribution in [2.75, 3.05) is 0 Å². The van der Waals surface area contributed by atoms with Gasteiger partial charge in [0.05, 0.1) is 6.21 Å². The van der Waals surface area contributed by atoms with Gasteiger partial charge in [0.15, 0.2) is 0 Å². The number of halogens is 1. The van der Waals surface area contributed by atoms with E-state index in [2.05, 4.69) is 48.0 Å². The van der Waals surface area contributed by atoms with E-state index in [-0.39, 0.29) is 0 Å². The average molecular weight is 455 g/mol. The highest BCUT2D eigenvalue weighted by Gasteiger charge is 2.10. The molecule has 3 aromatic carbocycles. The zero-order valence-corrected chi connectivity index (χ0v) is 20.2. The first-order valence-electron chi connectivity index (χ1n) is 12.3. The molecule has 0 fully saturated rings. The molecule has 2 nitrogen and oxygen atoms in total. The van der Waals surface area contributed by atoms with Crippen molar-refractivity contribution in [1.29, 1.82) is 0 Å². The maximum atomic E-state index is 14.2. The van der Waals surface area contributed by atoms with Crippen LogP contribution in [0, 0.1) is 0 Å². The van der Waals surface area contributed by atoms with Crippen LogP contribution in [-0.4, -0.2) is 18.1 Å². The average Bonchev–Trinajstić information content (AvgIpc) is 2.87. The molecule has 3 aromatic rings. The summed E-state index contributed by atoms with van der Waals surface area (Å²) in [5.41, 5.74) is 6.10. The van der Waals surface area contributed by atoms with Gasteiger partial charge in [-0.25, -0.2) is 4.39 Å². The molecule has 1 atom stereocenters. The third-order valence-corrected chi connectivity index (χ3v) is 5.82. The fraction of sp³-hybridized carbons (Fsp3) is 0.290. The molecule has 0 saturated heterocycles. The highest BCUT2D eigenvalue weighted by Crippen LogP contribution is 2.16. The topological polar surface area (TPSA) is 24.7 Å². The first-order valence-corrected chi connectivity index (χ1v) is 12.3. The number of hydrogen-bond acceptors (Lipinski definition) is 2. The van der Waals surface area contributed by atoms with Crippen LogP contribution >= 0.6 is 0 Å². The molecule has 0 saturated carbocycles. The van der Waals surface area contributed by atoms with Gasteiger partial charge >= 0.3 is 0 Å². The summed E-state index contributed by atoms with van der Waals surface area (Å²) < 4.78 is 14.2. The normalized spacial score (nSPS) is 12.7. The van der Waals surface area contributed by atoms with Gasteiger partial charge in [-0.1, -0.05) is 105 Å². The monoisotopic (exact) mass is 454 g/mol. The van der Waals surface area contributed by atoms with Crippen molar-refractivity contribution in [3.05, 3.63) is 119 Å². The van der Waals surface area contributed by atoms with Gasteiger partial charge in [-0.3, -0.25) is 0 Å². The van der Waals surface area contributed by atoms with Crippen molar-refractivity contribution in [2.24, 2.45) is 10.2 Å². The molecule has 34 heavy (non-hydrogen) atoms. The molecule has 176 valence electrons. The van der Waals surface area contributed by atoms with Gasteiger partial charge in [0.25, 0.3) is 0 Å². The number of alkyl halides is 1. The van der Waals surface area contributed by atoms with Crippen molar-refractivity contribution in [3.8, 4) is 0 Å². The second-order valence-electron chi connectivity index (χ2n) is 8.62. The molecule has 0 aliphatic heterocycles. The van der Waals surface area contributed by atoms with Crippen molar-refractivity contribution < 1.29 is 4.39 Å². The van der Waals surface area contributed by atoms with Crippen LogP contribution in [0.4, 0.5) is 4.39 Å². The third kappa shape index (κ3) is 8.22. The summed E-state index contributed by atoms with van der Waals surface area (Å²) in [4.78, 5) is 0. The van der Waals surface area contributed by atoms with E-state index in [9.17, 15) is 4.39 Å². The van der Waals surface area contributed by atoms with Crippen LogP contribution in [0.3, 0.4) is 0 Å². The second-order valence-corrected chi connectivity index (χ2v) is 8.62. The Morgan fingerprint density at radius 2 is 1.56 bits per heavy atom. The van der Waals surface area contributed by atoms with Crippen molar-refractivity contribution in [1.82, 2.24) is 0 Å².